The van der Waals surface area contributed by atoms with Gasteiger partial charge in [0.25, 0.3) is 0 Å². The number of carbonyl (C=O) groups is 1. The third kappa shape index (κ3) is 4.49. The van der Waals surface area contributed by atoms with Crippen molar-refractivity contribution in [3.63, 3.8) is 0 Å². The van der Waals surface area contributed by atoms with Gasteiger partial charge in [-0.25, -0.2) is 5.43 Å². The molecule has 0 aliphatic rings. The van der Waals surface area contributed by atoms with Crippen LogP contribution in [0.4, 0.5) is 0 Å². The molecule has 0 aromatic heterocycles. The van der Waals surface area contributed by atoms with E-state index in [1.165, 1.54) is 22.3 Å². The van der Waals surface area contributed by atoms with Crippen molar-refractivity contribution in [2.24, 2.45) is 0 Å². The Kier molecular flexibility index (Phi) is 5.86. The molecule has 0 saturated carbocycles. The number of benzene rings is 1. The summed E-state index contributed by atoms with van der Waals surface area (Å²) in [6.45, 7) is 6.46. The summed E-state index contributed by atoms with van der Waals surface area (Å²) < 4.78 is 0. The Balaban J connectivity index is 2.40. The molecule has 0 atom stereocenters. The van der Waals surface area contributed by atoms with E-state index in [1.54, 1.807) is 7.05 Å². The lowest BCUT2D eigenvalue weighted by atomic mass is 9.97. The van der Waals surface area contributed by atoms with Gasteiger partial charge in [-0.15, -0.1) is 0 Å². The van der Waals surface area contributed by atoms with Gasteiger partial charge in [0.1, 0.15) is 0 Å². The minimum Gasteiger partial charge on any atom is -0.292 e. The lowest BCUT2D eigenvalue weighted by Gasteiger charge is -2.09. The van der Waals surface area contributed by atoms with Crippen LogP contribution < -0.4 is 10.9 Å². The van der Waals surface area contributed by atoms with Crippen LogP contribution in [0.15, 0.2) is 12.1 Å². The molecule has 1 amide bonds. The van der Waals surface area contributed by atoms with Crippen LogP contribution in [0.25, 0.3) is 0 Å². The maximum absolute atomic E-state index is 11.2. The largest absolute Gasteiger partial charge is 0.292 e. The normalized spacial score (nSPS) is 10.4. The van der Waals surface area contributed by atoms with Crippen LogP contribution >= 0.6 is 0 Å². The Morgan fingerprint density at radius 1 is 1.06 bits per heavy atom. The third-order valence-electron chi connectivity index (χ3n) is 3.32. The molecule has 0 bridgehead atoms. The predicted molar refractivity (Wildman–Crippen MR) is 75.4 cm³/mol. The van der Waals surface area contributed by atoms with Crippen molar-refractivity contribution in [1.82, 2.24) is 10.9 Å². The van der Waals surface area contributed by atoms with Gasteiger partial charge in [0.2, 0.25) is 5.91 Å². The molecule has 3 heteroatoms. The fourth-order valence-corrected chi connectivity index (χ4v) is 2.09. The Labute approximate surface area is 110 Å². The van der Waals surface area contributed by atoms with Crippen LogP contribution in [-0.4, -0.2) is 13.0 Å². The van der Waals surface area contributed by atoms with Crippen molar-refractivity contribution in [2.45, 2.75) is 46.5 Å². The molecule has 0 aliphatic carbocycles. The van der Waals surface area contributed by atoms with E-state index < -0.39 is 0 Å². The molecule has 0 aliphatic heterocycles. The fraction of sp³-hybridized carbons (Fsp3) is 0.533. The minimum atomic E-state index is 0.0642. The van der Waals surface area contributed by atoms with Crippen molar-refractivity contribution >= 4 is 5.91 Å². The van der Waals surface area contributed by atoms with Crippen molar-refractivity contribution in [2.75, 3.05) is 7.05 Å². The van der Waals surface area contributed by atoms with Gasteiger partial charge in [-0.05, 0) is 62.3 Å². The second-order valence-electron chi connectivity index (χ2n) is 4.87. The number of hydrazine groups is 1. The zero-order chi connectivity index (χ0) is 13.5. The maximum Gasteiger partial charge on any atom is 0.234 e. The Morgan fingerprint density at radius 2 is 1.72 bits per heavy atom. The van der Waals surface area contributed by atoms with E-state index in [0.29, 0.717) is 6.42 Å². The summed E-state index contributed by atoms with van der Waals surface area (Å²) >= 11 is 0. The number of carbonyl (C=O) groups excluding carboxylic acids is 1. The molecule has 0 heterocycles. The average Bonchev–Trinajstić information content (AvgIpc) is 2.31. The first-order chi connectivity index (χ1) is 8.54. The summed E-state index contributed by atoms with van der Waals surface area (Å²) in [6, 6.07) is 4.52. The topological polar surface area (TPSA) is 41.1 Å². The Morgan fingerprint density at radius 3 is 2.39 bits per heavy atom. The molecular formula is C15H24N2O. The number of unbranched alkanes of at least 4 members (excludes halogenated alkanes) is 1. The first-order valence-electron chi connectivity index (χ1n) is 6.57. The first-order valence-corrected chi connectivity index (χ1v) is 6.57. The monoisotopic (exact) mass is 248 g/mol. The van der Waals surface area contributed by atoms with Gasteiger partial charge < -0.3 is 0 Å². The molecule has 0 radical (unpaired) electrons. The first kappa shape index (κ1) is 14.7. The van der Waals surface area contributed by atoms with Crippen LogP contribution in [0.5, 0.6) is 0 Å². The van der Waals surface area contributed by atoms with Crippen molar-refractivity contribution in [3.8, 4) is 0 Å². The summed E-state index contributed by atoms with van der Waals surface area (Å²) in [5.41, 5.74) is 10.7. The van der Waals surface area contributed by atoms with Crippen LogP contribution in [0.1, 0.15) is 41.5 Å². The molecule has 1 rings (SSSR count). The smallest absolute Gasteiger partial charge is 0.234 e. The van der Waals surface area contributed by atoms with Crippen LogP contribution in [0.2, 0.25) is 0 Å². The molecule has 3 nitrogen and oxygen atoms in total. The standard InChI is InChI=1S/C15H24N2O/c1-11-9-13(3)14(10-12(11)2)7-5-6-8-15(18)17-16-4/h9-10,16H,5-8H2,1-4H3,(H,17,18). The zero-order valence-corrected chi connectivity index (χ0v) is 11.9. The molecule has 0 saturated heterocycles. The summed E-state index contributed by atoms with van der Waals surface area (Å²) in [6.07, 6.45) is 3.63. The fourth-order valence-electron chi connectivity index (χ4n) is 2.09. The summed E-state index contributed by atoms with van der Waals surface area (Å²) in [7, 11) is 1.70. The number of hydrogen-bond acceptors (Lipinski definition) is 2. The summed E-state index contributed by atoms with van der Waals surface area (Å²) in [4.78, 5) is 11.2. The van der Waals surface area contributed by atoms with Crippen LogP contribution in [-0.2, 0) is 11.2 Å². The number of aryl methyl sites for hydroxylation is 4. The number of amides is 1. The van der Waals surface area contributed by atoms with Gasteiger partial charge in [0.05, 0.1) is 0 Å². The molecule has 1 aromatic rings. The molecule has 0 fully saturated rings. The molecule has 0 unspecified atom stereocenters. The zero-order valence-electron chi connectivity index (χ0n) is 11.9. The van der Waals surface area contributed by atoms with Crippen LogP contribution in [0.3, 0.4) is 0 Å². The summed E-state index contributed by atoms with van der Waals surface area (Å²) in [5, 5.41) is 0. The lowest BCUT2D eigenvalue weighted by molar-refractivity contribution is -0.122. The molecule has 1 aromatic carbocycles. The highest BCUT2D eigenvalue weighted by Gasteiger charge is 2.03. The maximum atomic E-state index is 11.2. The van der Waals surface area contributed by atoms with E-state index in [4.69, 9.17) is 0 Å². The highest BCUT2D eigenvalue weighted by atomic mass is 16.2. The van der Waals surface area contributed by atoms with Crippen LogP contribution in [0, 0.1) is 20.8 Å². The van der Waals surface area contributed by atoms with Gasteiger partial charge >= 0.3 is 0 Å². The van der Waals surface area contributed by atoms with E-state index in [2.05, 4.69) is 43.8 Å². The van der Waals surface area contributed by atoms with Gasteiger partial charge in [0.15, 0.2) is 0 Å². The predicted octanol–water partition coefficient (Wildman–Crippen LogP) is 2.58. The van der Waals surface area contributed by atoms with Crippen molar-refractivity contribution in [1.29, 1.82) is 0 Å². The second kappa shape index (κ2) is 7.17. The van der Waals surface area contributed by atoms with Gasteiger partial charge in [-0.1, -0.05) is 12.1 Å². The Bertz CT molecular complexity index is 413. The molecule has 0 spiro atoms. The van der Waals surface area contributed by atoms with Gasteiger partial charge in [-0.3, -0.25) is 10.2 Å². The third-order valence-corrected chi connectivity index (χ3v) is 3.32. The number of hydrogen-bond donors (Lipinski definition) is 2. The van der Waals surface area contributed by atoms with Gasteiger partial charge in [0, 0.05) is 13.5 Å². The number of nitrogens with one attached hydrogen (secondary N) is 2. The van der Waals surface area contributed by atoms with E-state index in [0.717, 1.165) is 19.3 Å². The molecular weight excluding hydrogens is 224 g/mol. The van der Waals surface area contributed by atoms with E-state index in [-0.39, 0.29) is 5.91 Å². The highest BCUT2D eigenvalue weighted by molar-refractivity contribution is 5.75. The highest BCUT2D eigenvalue weighted by Crippen LogP contribution is 2.17. The van der Waals surface area contributed by atoms with E-state index >= 15 is 0 Å². The minimum absolute atomic E-state index is 0.0642. The van der Waals surface area contributed by atoms with Gasteiger partial charge in [-0.2, -0.15) is 0 Å². The number of rotatable bonds is 6. The summed E-state index contributed by atoms with van der Waals surface area (Å²) in [5.74, 6) is 0.0642. The second-order valence-corrected chi connectivity index (χ2v) is 4.87. The molecule has 2 N–H and O–H groups in total. The van der Waals surface area contributed by atoms with Crippen molar-refractivity contribution in [3.05, 3.63) is 34.4 Å². The molecule has 18 heavy (non-hydrogen) atoms. The lowest BCUT2D eigenvalue weighted by Crippen LogP contribution is -2.33. The quantitative estimate of drug-likeness (QED) is 0.600. The Hall–Kier alpha value is -1.35. The average molecular weight is 248 g/mol. The van der Waals surface area contributed by atoms with E-state index in [1.807, 2.05) is 0 Å². The van der Waals surface area contributed by atoms with E-state index in [9.17, 15) is 4.79 Å². The molecule has 100 valence electrons. The SMILES string of the molecule is CNNC(=O)CCCCc1cc(C)c(C)cc1C. The van der Waals surface area contributed by atoms with Crippen molar-refractivity contribution < 1.29 is 4.79 Å².